The molecule has 2 aromatic rings. The van der Waals surface area contributed by atoms with Gasteiger partial charge >= 0.3 is 6.18 Å². The van der Waals surface area contributed by atoms with E-state index in [4.69, 9.17) is 5.73 Å². The average molecular weight is 298 g/mol. The third kappa shape index (κ3) is 2.10. The molecule has 1 aliphatic heterocycles. The van der Waals surface area contributed by atoms with Gasteiger partial charge in [-0.25, -0.2) is 4.98 Å². The first-order valence-corrected chi connectivity index (χ1v) is 6.38. The zero-order valence-corrected chi connectivity index (χ0v) is 11.2. The third-order valence-electron chi connectivity index (χ3n) is 3.68. The molecule has 5 nitrogen and oxygen atoms in total. The molecule has 1 amide bonds. The predicted molar refractivity (Wildman–Crippen MR) is 70.4 cm³/mol. The molecule has 1 atom stereocenters. The van der Waals surface area contributed by atoms with Crippen LogP contribution in [0.25, 0.3) is 11.0 Å². The van der Waals surface area contributed by atoms with Gasteiger partial charge in [0.1, 0.15) is 6.04 Å². The van der Waals surface area contributed by atoms with E-state index >= 15 is 0 Å². The van der Waals surface area contributed by atoms with Gasteiger partial charge in [0.05, 0.1) is 11.0 Å². The molecule has 112 valence electrons. The number of hydrogen-bond donors (Lipinski definition) is 1. The second-order valence-corrected chi connectivity index (χ2v) is 5.12. The van der Waals surface area contributed by atoms with Crippen LogP contribution in [0, 0.1) is 0 Å². The van der Waals surface area contributed by atoms with Crippen LogP contribution in [0.5, 0.6) is 0 Å². The van der Waals surface area contributed by atoms with Crippen molar-refractivity contribution in [2.24, 2.45) is 0 Å². The molecule has 0 aliphatic carbocycles. The Kier molecular flexibility index (Phi) is 2.86. The number of carbonyl (C=O) groups excluding carboxylic acids is 1. The van der Waals surface area contributed by atoms with Crippen LogP contribution < -0.4 is 5.73 Å². The molecule has 21 heavy (non-hydrogen) atoms. The molecule has 1 aromatic carbocycles. The van der Waals surface area contributed by atoms with Crippen molar-refractivity contribution in [1.82, 2.24) is 14.5 Å². The molecule has 2 heterocycles. The van der Waals surface area contributed by atoms with Gasteiger partial charge in [-0.2, -0.15) is 13.2 Å². The van der Waals surface area contributed by atoms with Crippen molar-refractivity contribution in [1.29, 1.82) is 0 Å². The number of nitrogens with two attached hydrogens (primary N) is 1. The molecular formula is C13H13F3N4O. The maximum absolute atomic E-state index is 13.2. The maximum atomic E-state index is 13.2. The average Bonchev–Trinajstić information content (AvgIpc) is 2.91. The minimum absolute atomic E-state index is 0.143. The number of nitrogens with zero attached hydrogens (tertiary/aromatic N) is 3. The molecule has 0 spiro atoms. The minimum atomic E-state index is -4.63. The Morgan fingerprint density at radius 2 is 2.10 bits per heavy atom. The topological polar surface area (TPSA) is 64.2 Å². The number of imidazole rings is 1. The van der Waals surface area contributed by atoms with Crippen molar-refractivity contribution >= 4 is 22.6 Å². The van der Waals surface area contributed by atoms with Crippen LogP contribution in [0.3, 0.4) is 0 Å². The van der Waals surface area contributed by atoms with Crippen LogP contribution >= 0.6 is 0 Å². The van der Waals surface area contributed by atoms with Crippen LogP contribution in [-0.4, -0.2) is 34.0 Å². The molecule has 1 aromatic heterocycles. The molecule has 0 bridgehead atoms. The number of amides is 1. The Morgan fingerprint density at radius 3 is 2.67 bits per heavy atom. The molecule has 1 unspecified atom stereocenters. The SMILES string of the molecule is CN1CCC(n2c(C(F)(F)F)nc3cc(N)ccc32)C1=O. The summed E-state index contributed by atoms with van der Waals surface area (Å²) in [6.07, 6.45) is -4.30. The van der Waals surface area contributed by atoms with E-state index in [-0.39, 0.29) is 16.9 Å². The van der Waals surface area contributed by atoms with Gasteiger partial charge in [-0.3, -0.25) is 4.79 Å². The summed E-state index contributed by atoms with van der Waals surface area (Å²) in [7, 11) is 1.58. The van der Waals surface area contributed by atoms with E-state index in [0.717, 1.165) is 4.57 Å². The molecule has 3 rings (SSSR count). The van der Waals surface area contributed by atoms with Crippen molar-refractivity contribution in [3.63, 3.8) is 0 Å². The lowest BCUT2D eigenvalue weighted by atomic mass is 10.2. The first-order chi connectivity index (χ1) is 9.79. The van der Waals surface area contributed by atoms with Crippen LogP contribution in [0.2, 0.25) is 0 Å². The number of halogens is 3. The predicted octanol–water partition coefficient (Wildman–Crippen LogP) is 2.04. The summed E-state index contributed by atoms with van der Waals surface area (Å²) in [4.78, 5) is 17.1. The van der Waals surface area contributed by atoms with E-state index in [0.29, 0.717) is 18.7 Å². The van der Waals surface area contributed by atoms with Crippen molar-refractivity contribution in [3.05, 3.63) is 24.0 Å². The number of hydrogen-bond acceptors (Lipinski definition) is 3. The quantitative estimate of drug-likeness (QED) is 0.819. The van der Waals surface area contributed by atoms with E-state index in [1.54, 1.807) is 7.05 Å². The number of rotatable bonds is 1. The van der Waals surface area contributed by atoms with Crippen molar-refractivity contribution in [3.8, 4) is 0 Å². The van der Waals surface area contributed by atoms with Crippen molar-refractivity contribution in [2.75, 3.05) is 19.3 Å². The second kappa shape index (κ2) is 4.37. The number of alkyl halides is 3. The Morgan fingerprint density at radius 1 is 1.38 bits per heavy atom. The molecule has 1 saturated heterocycles. The number of likely N-dealkylation sites (tertiary alicyclic amines) is 1. The van der Waals surface area contributed by atoms with Crippen LogP contribution in [0.4, 0.5) is 18.9 Å². The first-order valence-electron chi connectivity index (χ1n) is 6.38. The number of anilines is 1. The molecule has 0 radical (unpaired) electrons. The lowest BCUT2D eigenvalue weighted by molar-refractivity contribution is -0.148. The molecule has 8 heteroatoms. The number of nitrogen functional groups attached to an aromatic ring is 1. The Bertz CT molecular complexity index is 722. The molecule has 0 saturated carbocycles. The van der Waals surface area contributed by atoms with Crippen LogP contribution in [0.15, 0.2) is 18.2 Å². The number of likely N-dealkylation sites (N-methyl/N-ethyl adjacent to an activating group) is 1. The fraction of sp³-hybridized carbons (Fsp3) is 0.385. The summed E-state index contributed by atoms with van der Waals surface area (Å²) in [6, 6.07) is 3.48. The summed E-state index contributed by atoms with van der Waals surface area (Å²) in [6.45, 7) is 0.426. The highest BCUT2D eigenvalue weighted by molar-refractivity contribution is 5.86. The second-order valence-electron chi connectivity index (χ2n) is 5.12. The summed E-state index contributed by atoms with van der Waals surface area (Å²) in [5, 5.41) is 0. The minimum Gasteiger partial charge on any atom is -0.399 e. The number of carbonyl (C=O) groups is 1. The third-order valence-corrected chi connectivity index (χ3v) is 3.68. The van der Waals surface area contributed by atoms with E-state index in [2.05, 4.69) is 4.98 Å². The van der Waals surface area contributed by atoms with Crippen LogP contribution in [-0.2, 0) is 11.0 Å². The smallest absolute Gasteiger partial charge is 0.399 e. The molecule has 1 fully saturated rings. The Hall–Kier alpha value is -2.25. The Balaban J connectivity index is 2.26. The summed E-state index contributed by atoms with van der Waals surface area (Å²) in [5.41, 5.74) is 6.33. The fourth-order valence-electron chi connectivity index (χ4n) is 2.67. The van der Waals surface area contributed by atoms with Crippen molar-refractivity contribution < 1.29 is 18.0 Å². The van der Waals surface area contributed by atoms with Gasteiger partial charge < -0.3 is 15.2 Å². The molecule has 2 N–H and O–H groups in total. The Labute approximate surface area is 118 Å². The van der Waals surface area contributed by atoms with Crippen LogP contribution in [0.1, 0.15) is 18.3 Å². The van der Waals surface area contributed by atoms with E-state index in [1.807, 2.05) is 0 Å². The van der Waals surface area contributed by atoms with E-state index in [9.17, 15) is 18.0 Å². The van der Waals surface area contributed by atoms with Gasteiger partial charge in [-0.05, 0) is 24.6 Å². The summed E-state index contributed by atoms with van der Waals surface area (Å²) < 4.78 is 40.7. The van der Waals surface area contributed by atoms with E-state index < -0.39 is 18.0 Å². The fourth-order valence-corrected chi connectivity index (χ4v) is 2.67. The lowest BCUT2D eigenvalue weighted by Gasteiger charge is -2.17. The van der Waals surface area contributed by atoms with Gasteiger partial charge in [0.25, 0.3) is 0 Å². The van der Waals surface area contributed by atoms with Crippen molar-refractivity contribution in [2.45, 2.75) is 18.6 Å². The normalized spacial score (nSPS) is 19.7. The number of fused-ring (bicyclic) bond motifs is 1. The highest BCUT2D eigenvalue weighted by atomic mass is 19.4. The van der Waals surface area contributed by atoms with Gasteiger partial charge in [-0.1, -0.05) is 0 Å². The maximum Gasteiger partial charge on any atom is 0.449 e. The standard InChI is InChI=1S/C13H13F3N4O/c1-19-5-4-10(11(19)21)20-9-3-2-7(17)6-8(9)18-12(20)13(14,15)16/h2-3,6,10H,4-5,17H2,1H3. The molecule has 1 aliphatic rings. The van der Waals surface area contributed by atoms with E-state index in [1.165, 1.54) is 23.1 Å². The summed E-state index contributed by atoms with van der Waals surface area (Å²) >= 11 is 0. The number of aromatic nitrogens is 2. The zero-order valence-electron chi connectivity index (χ0n) is 11.2. The van der Waals surface area contributed by atoms with Gasteiger partial charge in [-0.15, -0.1) is 0 Å². The van der Waals surface area contributed by atoms with Gasteiger partial charge in [0.15, 0.2) is 0 Å². The number of benzene rings is 1. The first kappa shape index (κ1) is 13.7. The molecular weight excluding hydrogens is 285 g/mol. The van der Waals surface area contributed by atoms with Gasteiger partial charge in [0, 0.05) is 19.3 Å². The lowest BCUT2D eigenvalue weighted by Crippen LogP contribution is -2.27. The highest BCUT2D eigenvalue weighted by Crippen LogP contribution is 2.36. The summed E-state index contributed by atoms with van der Waals surface area (Å²) in [5.74, 6) is -1.40. The zero-order chi connectivity index (χ0) is 15.4. The monoisotopic (exact) mass is 298 g/mol. The largest absolute Gasteiger partial charge is 0.449 e. The van der Waals surface area contributed by atoms with Gasteiger partial charge in [0.2, 0.25) is 11.7 Å². The highest BCUT2D eigenvalue weighted by Gasteiger charge is 2.42.